The van der Waals surface area contributed by atoms with Crippen molar-refractivity contribution in [2.75, 3.05) is 0 Å². The first-order valence-corrected chi connectivity index (χ1v) is 4.23. The molecule has 0 radical (unpaired) electrons. The van der Waals surface area contributed by atoms with Gasteiger partial charge in [-0.3, -0.25) is 4.68 Å². The van der Waals surface area contributed by atoms with Crippen LogP contribution in [0.15, 0.2) is 6.20 Å². The van der Waals surface area contributed by atoms with E-state index in [9.17, 15) is 0 Å². The smallest absolute Gasteiger partial charge is 0.0521 e. The van der Waals surface area contributed by atoms with Gasteiger partial charge in [-0.2, -0.15) is 5.10 Å². The predicted molar refractivity (Wildman–Crippen MR) is 46.6 cm³/mol. The van der Waals surface area contributed by atoms with Crippen molar-refractivity contribution in [3.05, 3.63) is 17.5 Å². The van der Waals surface area contributed by atoms with Crippen LogP contribution in [-0.2, 0) is 13.5 Å². The Bertz CT molecular complexity index is 206. The maximum atomic E-state index is 4.19. The lowest BCUT2D eigenvalue weighted by atomic mass is 10.1. The molecule has 0 saturated heterocycles. The molecule has 0 N–H and O–H groups in total. The number of unbranched alkanes of at least 4 members (excludes halogenated alkanes) is 1. The minimum Gasteiger partial charge on any atom is -0.272 e. The van der Waals surface area contributed by atoms with Gasteiger partial charge >= 0.3 is 0 Å². The maximum Gasteiger partial charge on any atom is 0.0521 e. The molecule has 1 aromatic heterocycles. The lowest BCUT2D eigenvalue weighted by Crippen LogP contribution is -1.98. The van der Waals surface area contributed by atoms with Crippen LogP contribution in [0.5, 0.6) is 0 Å². The first-order chi connectivity index (χ1) is 5.25. The third-order valence-corrected chi connectivity index (χ3v) is 2.04. The topological polar surface area (TPSA) is 17.8 Å². The van der Waals surface area contributed by atoms with Crippen molar-refractivity contribution in [1.29, 1.82) is 0 Å². The molecule has 0 amide bonds. The number of nitrogens with zero attached hydrogens (tertiary/aromatic N) is 2. The normalized spacial score (nSPS) is 10.5. The second-order valence-corrected chi connectivity index (χ2v) is 3.00. The van der Waals surface area contributed by atoms with E-state index in [0.717, 1.165) is 0 Å². The summed E-state index contributed by atoms with van der Waals surface area (Å²) in [5, 5.41) is 4.19. The van der Waals surface area contributed by atoms with Crippen molar-refractivity contribution in [3.8, 4) is 0 Å². The summed E-state index contributed by atoms with van der Waals surface area (Å²) in [5.74, 6) is 0. The number of hydrogen-bond acceptors (Lipinski definition) is 1. The highest BCUT2D eigenvalue weighted by Gasteiger charge is 2.01. The minimum absolute atomic E-state index is 1.17. The molecular formula is C9H16N2. The second kappa shape index (κ2) is 3.56. The molecule has 0 fully saturated rings. The molecule has 11 heavy (non-hydrogen) atoms. The Kier molecular flexibility index (Phi) is 2.69. The fourth-order valence-corrected chi connectivity index (χ4v) is 1.28. The van der Waals surface area contributed by atoms with Crippen LogP contribution >= 0.6 is 0 Å². The van der Waals surface area contributed by atoms with Gasteiger partial charge in [0, 0.05) is 12.7 Å². The Morgan fingerprint density at radius 1 is 1.55 bits per heavy atom. The minimum atomic E-state index is 1.17. The first kappa shape index (κ1) is 8.31. The molecular weight excluding hydrogens is 136 g/mol. The van der Waals surface area contributed by atoms with Gasteiger partial charge in [-0.15, -0.1) is 0 Å². The van der Waals surface area contributed by atoms with Crippen molar-refractivity contribution < 1.29 is 0 Å². The van der Waals surface area contributed by atoms with Crippen LogP contribution in [0.3, 0.4) is 0 Å². The fourth-order valence-electron chi connectivity index (χ4n) is 1.28. The zero-order chi connectivity index (χ0) is 8.27. The van der Waals surface area contributed by atoms with Crippen molar-refractivity contribution in [2.45, 2.75) is 33.1 Å². The van der Waals surface area contributed by atoms with Crippen LogP contribution in [0.1, 0.15) is 31.0 Å². The maximum absolute atomic E-state index is 4.19. The van der Waals surface area contributed by atoms with Gasteiger partial charge in [0.15, 0.2) is 0 Å². The molecule has 0 aliphatic carbocycles. The van der Waals surface area contributed by atoms with E-state index in [1.54, 1.807) is 0 Å². The van der Waals surface area contributed by atoms with E-state index < -0.39 is 0 Å². The zero-order valence-corrected chi connectivity index (χ0v) is 7.59. The Balaban J connectivity index is 2.67. The summed E-state index contributed by atoms with van der Waals surface area (Å²) >= 11 is 0. The Labute approximate surface area is 68.2 Å². The summed E-state index contributed by atoms with van der Waals surface area (Å²) in [6, 6.07) is 0. The van der Waals surface area contributed by atoms with Crippen LogP contribution in [-0.4, -0.2) is 9.78 Å². The summed E-state index contributed by atoms with van der Waals surface area (Å²) in [6.07, 6.45) is 5.62. The average molecular weight is 152 g/mol. The molecule has 1 aromatic rings. The van der Waals surface area contributed by atoms with Crippen LogP contribution in [0.2, 0.25) is 0 Å². The van der Waals surface area contributed by atoms with E-state index in [-0.39, 0.29) is 0 Å². The van der Waals surface area contributed by atoms with E-state index in [1.165, 1.54) is 30.5 Å². The predicted octanol–water partition coefficient (Wildman–Crippen LogP) is 2.07. The van der Waals surface area contributed by atoms with Crippen LogP contribution in [0, 0.1) is 6.92 Å². The van der Waals surface area contributed by atoms with Gasteiger partial charge in [0.2, 0.25) is 0 Å². The third-order valence-electron chi connectivity index (χ3n) is 2.04. The van der Waals surface area contributed by atoms with Gasteiger partial charge in [-0.25, -0.2) is 0 Å². The second-order valence-electron chi connectivity index (χ2n) is 3.00. The fraction of sp³-hybridized carbons (Fsp3) is 0.667. The highest BCUT2D eigenvalue weighted by Crippen LogP contribution is 2.08. The van der Waals surface area contributed by atoms with E-state index in [2.05, 4.69) is 18.9 Å². The SMILES string of the molecule is CCCCc1c(C)cnn1C. The molecule has 1 rings (SSSR count). The standard InChI is InChI=1S/C9H16N2/c1-4-5-6-9-8(2)7-10-11(9)3/h7H,4-6H2,1-3H3. The lowest BCUT2D eigenvalue weighted by molar-refractivity contribution is 0.674. The summed E-state index contributed by atoms with van der Waals surface area (Å²) in [5.41, 5.74) is 2.70. The van der Waals surface area contributed by atoms with E-state index in [4.69, 9.17) is 0 Å². The molecule has 0 bridgehead atoms. The monoisotopic (exact) mass is 152 g/mol. The number of aromatic nitrogens is 2. The largest absolute Gasteiger partial charge is 0.272 e. The highest BCUT2D eigenvalue weighted by molar-refractivity contribution is 5.15. The van der Waals surface area contributed by atoms with E-state index in [0.29, 0.717) is 0 Å². The number of hydrogen-bond donors (Lipinski definition) is 0. The zero-order valence-electron chi connectivity index (χ0n) is 7.59. The van der Waals surface area contributed by atoms with Crippen molar-refractivity contribution in [2.24, 2.45) is 7.05 Å². The molecule has 62 valence electrons. The van der Waals surface area contributed by atoms with E-state index in [1.807, 2.05) is 17.9 Å². The molecule has 0 unspecified atom stereocenters. The molecule has 0 aliphatic heterocycles. The van der Waals surface area contributed by atoms with Crippen LogP contribution < -0.4 is 0 Å². The lowest BCUT2D eigenvalue weighted by Gasteiger charge is -2.01. The molecule has 0 atom stereocenters. The van der Waals surface area contributed by atoms with Crippen molar-refractivity contribution in [3.63, 3.8) is 0 Å². The average Bonchev–Trinajstić information content (AvgIpc) is 2.29. The summed E-state index contributed by atoms with van der Waals surface area (Å²) in [4.78, 5) is 0. The highest BCUT2D eigenvalue weighted by atomic mass is 15.3. The number of rotatable bonds is 3. The quantitative estimate of drug-likeness (QED) is 0.648. The first-order valence-electron chi connectivity index (χ1n) is 4.23. The Morgan fingerprint density at radius 3 is 2.73 bits per heavy atom. The summed E-state index contributed by atoms with van der Waals surface area (Å²) in [7, 11) is 2.01. The summed E-state index contributed by atoms with van der Waals surface area (Å²) in [6.45, 7) is 4.34. The van der Waals surface area contributed by atoms with Gasteiger partial charge < -0.3 is 0 Å². The van der Waals surface area contributed by atoms with Gasteiger partial charge in [-0.05, 0) is 25.3 Å². The molecule has 0 spiro atoms. The van der Waals surface area contributed by atoms with Gasteiger partial charge in [0.05, 0.1) is 6.20 Å². The van der Waals surface area contributed by atoms with Crippen LogP contribution in [0.25, 0.3) is 0 Å². The third kappa shape index (κ3) is 1.82. The van der Waals surface area contributed by atoms with Crippen molar-refractivity contribution >= 4 is 0 Å². The molecule has 0 aliphatic rings. The molecule has 0 saturated carbocycles. The van der Waals surface area contributed by atoms with Crippen molar-refractivity contribution in [1.82, 2.24) is 9.78 Å². The van der Waals surface area contributed by atoms with Gasteiger partial charge in [0.25, 0.3) is 0 Å². The summed E-state index contributed by atoms with van der Waals surface area (Å²) < 4.78 is 1.98. The molecule has 2 nitrogen and oxygen atoms in total. The Hall–Kier alpha value is -0.790. The van der Waals surface area contributed by atoms with Gasteiger partial charge in [0.1, 0.15) is 0 Å². The molecule has 1 heterocycles. The van der Waals surface area contributed by atoms with Gasteiger partial charge in [-0.1, -0.05) is 13.3 Å². The van der Waals surface area contributed by atoms with Crippen LogP contribution in [0.4, 0.5) is 0 Å². The Morgan fingerprint density at radius 2 is 2.27 bits per heavy atom. The molecule has 2 heteroatoms. The molecule has 0 aromatic carbocycles. The van der Waals surface area contributed by atoms with E-state index >= 15 is 0 Å². The number of aryl methyl sites for hydroxylation is 2.